The number of benzene rings is 1. The molecule has 0 radical (unpaired) electrons. The Hall–Kier alpha value is -2.67. The molecule has 0 aromatic heterocycles. The monoisotopic (exact) mass is 777 g/mol. The molecule has 1 amide bonds. The summed E-state index contributed by atoms with van der Waals surface area (Å²) < 4.78 is 6.18. The summed E-state index contributed by atoms with van der Waals surface area (Å²) in [6.45, 7) is 24.0. The van der Waals surface area contributed by atoms with Crippen molar-refractivity contribution >= 4 is 35.2 Å². The van der Waals surface area contributed by atoms with Gasteiger partial charge in [0.25, 0.3) is 0 Å². The molecule has 55 heavy (non-hydrogen) atoms. The van der Waals surface area contributed by atoms with Crippen LogP contribution in [0, 0.1) is 62.1 Å². The van der Waals surface area contributed by atoms with E-state index in [1.807, 2.05) is 31.2 Å². The lowest BCUT2D eigenvalue weighted by Crippen LogP contribution is -2.66. The van der Waals surface area contributed by atoms with Crippen LogP contribution in [0.4, 0.5) is 0 Å². The number of esters is 1. The summed E-state index contributed by atoms with van der Waals surface area (Å²) in [5.41, 5.74) is 1.89. The molecule has 304 valence electrons. The topological polar surface area (TPSA) is 110 Å². The van der Waals surface area contributed by atoms with E-state index in [0.29, 0.717) is 41.4 Å². The number of rotatable bonds is 10. The van der Waals surface area contributed by atoms with Gasteiger partial charge >= 0.3 is 11.9 Å². The lowest BCUT2D eigenvalue weighted by atomic mass is 9.32. The maximum Gasteiger partial charge on any atom is 0.309 e. The van der Waals surface area contributed by atoms with Gasteiger partial charge in [-0.3, -0.25) is 19.2 Å². The summed E-state index contributed by atoms with van der Waals surface area (Å²) in [5, 5.41) is 13.5. The van der Waals surface area contributed by atoms with E-state index in [2.05, 4.69) is 60.7 Å². The van der Waals surface area contributed by atoms with Gasteiger partial charge in [-0.1, -0.05) is 84.7 Å². The first-order valence-corrected chi connectivity index (χ1v) is 21.6. The smallest absolute Gasteiger partial charge is 0.309 e. The maximum absolute atomic E-state index is 14.2. The van der Waals surface area contributed by atoms with Crippen molar-refractivity contribution in [3.05, 3.63) is 46.0 Å². The standard InChI is InChI=1S/C47H68ClNO6/c1-27(2)39-33(50)25-47(28(3)24-37(51)49-29(4)30-12-14-31(48)15-13-30)23-22-45(10)32(40(39)47)16-17-35-44(9)20-19-36(55-38(52)26-42(5,6)41(53)54)43(7,8)34(44)18-21-46(35,45)11/h12-15,27-29,32,34-36H,16-26H2,1-11H3,(H,49,51)(H,53,54)/t28?,29-,32+,34-,35+,36-,44-,45+,46+,47-/m0/s1. The summed E-state index contributed by atoms with van der Waals surface area (Å²) >= 11 is 6.12. The number of fused-ring (bicyclic) bond motifs is 7. The largest absolute Gasteiger partial charge is 0.481 e. The van der Waals surface area contributed by atoms with Crippen molar-refractivity contribution < 1.29 is 29.0 Å². The fourth-order valence-electron chi connectivity index (χ4n) is 13.7. The molecule has 0 heterocycles. The molecule has 1 aromatic carbocycles. The molecule has 6 rings (SSSR count). The van der Waals surface area contributed by atoms with E-state index < -0.39 is 17.4 Å². The Morgan fingerprint density at radius 3 is 2.16 bits per heavy atom. The molecule has 7 nitrogen and oxygen atoms in total. The third-order valence-electron chi connectivity index (χ3n) is 17.0. The molecule has 1 aromatic rings. The number of nitrogens with one attached hydrogen (secondary N) is 1. The van der Waals surface area contributed by atoms with E-state index in [1.54, 1.807) is 13.8 Å². The number of carboxylic acid groups (broad SMARTS) is 1. The van der Waals surface area contributed by atoms with Crippen LogP contribution in [0.2, 0.25) is 5.02 Å². The number of ketones is 1. The number of halogens is 1. The van der Waals surface area contributed by atoms with Gasteiger partial charge in [0.05, 0.1) is 17.9 Å². The van der Waals surface area contributed by atoms with Crippen LogP contribution in [0.5, 0.6) is 0 Å². The molecule has 0 spiro atoms. The van der Waals surface area contributed by atoms with Crippen LogP contribution in [0.15, 0.2) is 35.4 Å². The summed E-state index contributed by atoms with van der Waals surface area (Å²) in [4.78, 5) is 52.8. The predicted molar refractivity (Wildman–Crippen MR) is 217 cm³/mol. The minimum Gasteiger partial charge on any atom is -0.481 e. The third kappa shape index (κ3) is 6.72. The molecule has 4 fully saturated rings. The molecule has 2 N–H and O–H groups in total. The van der Waals surface area contributed by atoms with E-state index in [4.69, 9.17) is 16.3 Å². The zero-order valence-electron chi connectivity index (χ0n) is 35.5. The molecule has 0 bridgehead atoms. The molecule has 0 saturated heterocycles. The molecule has 0 aliphatic heterocycles. The first-order chi connectivity index (χ1) is 25.4. The zero-order chi connectivity index (χ0) is 40.7. The molecule has 4 saturated carbocycles. The molecule has 8 heteroatoms. The van der Waals surface area contributed by atoms with Crippen molar-refractivity contribution in [2.24, 2.45) is 62.1 Å². The average molecular weight is 779 g/mol. The van der Waals surface area contributed by atoms with Gasteiger partial charge in [-0.05, 0) is 141 Å². The Bertz CT molecular complexity index is 1740. The second-order valence-corrected chi connectivity index (χ2v) is 21.4. The fraction of sp³-hybridized carbons (Fsp3) is 0.745. The lowest BCUT2D eigenvalue weighted by molar-refractivity contribution is -0.234. The summed E-state index contributed by atoms with van der Waals surface area (Å²) in [7, 11) is 0. The normalized spacial score (nSPS) is 36.6. The van der Waals surface area contributed by atoms with Crippen LogP contribution in [0.25, 0.3) is 0 Å². The number of hydrogen-bond donors (Lipinski definition) is 2. The van der Waals surface area contributed by atoms with Crippen molar-refractivity contribution in [1.82, 2.24) is 5.32 Å². The predicted octanol–water partition coefficient (Wildman–Crippen LogP) is 10.9. The first kappa shape index (κ1) is 41.9. The maximum atomic E-state index is 14.2. The van der Waals surface area contributed by atoms with Crippen LogP contribution in [-0.4, -0.2) is 34.8 Å². The summed E-state index contributed by atoms with van der Waals surface area (Å²) in [6, 6.07) is 7.49. The van der Waals surface area contributed by atoms with Gasteiger partial charge in [-0.2, -0.15) is 0 Å². The van der Waals surface area contributed by atoms with Gasteiger partial charge in [-0.15, -0.1) is 0 Å². The van der Waals surface area contributed by atoms with Crippen LogP contribution in [0.1, 0.15) is 158 Å². The lowest BCUT2D eigenvalue weighted by Gasteiger charge is -2.72. The summed E-state index contributed by atoms with van der Waals surface area (Å²) in [5.74, 6) is 0.233. The minimum atomic E-state index is -1.17. The average Bonchev–Trinajstić information content (AvgIpc) is 3.39. The van der Waals surface area contributed by atoms with Gasteiger partial charge in [0.1, 0.15) is 6.10 Å². The quantitative estimate of drug-likeness (QED) is 0.229. The van der Waals surface area contributed by atoms with Crippen molar-refractivity contribution in [1.29, 1.82) is 0 Å². The third-order valence-corrected chi connectivity index (χ3v) is 17.3. The van der Waals surface area contributed by atoms with Crippen LogP contribution >= 0.6 is 11.6 Å². The number of carboxylic acids is 1. The Morgan fingerprint density at radius 2 is 1.55 bits per heavy atom. The van der Waals surface area contributed by atoms with Gasteiger partial charge in [0.15, 0.2) is 5.78 Å². The van der Waals surface area contributed by atoms with E-state index in [9.17, 15) is 24.3 Å². The Kier molecular flexibility index (Phi) is 10.9. The highest BCUT2D eigenvalue weighted by Gasteiger charge is 2.70. The summed E-state index contributed by atoms with van der Waals surface area (Å²) in [6.07, 6.45) is 8.54. The van der Waals surface area contributed by atoms with Crippen molar-refractivity contribution in [2.75, 3.05) is 0 Å². The van der Waals surface area contributed by atoms with Gasteiger partial charge in [0.2, 0.25) is 5.91 Å². The van der Waals surface area contributed by atoms with Gasteiger partial charge in [0, 0.05) is 28.7 Å². The Labute approximate surface area is 335 Å². The highest BCUT2D eigenvalue weighted by Crippen LogP contribution is 2.77. The van der Waals surface area contributed by atoms with Crippen molar-refractivity contribution in [3.63, 3.8) is 0 Å². The molecular weight excluding hydrogens is 710 g/mol. The highest BCUT2D eigenvalue weighted by molar-refractivity contribution is 6.30. The number of carbonyl (C=O) groups excluding carboxylic acids is 3. The SMILES string of the molecule is CC(C)C1=C2[C@H]3CC[C@@H]4[C@@]5(C)CC[C@H](OC(=O)CC(C)(C)C(=O)O)C(C)(C)[C@@H]5CC[C@@]4(C)[C@]3(C)CC[C@@]2(C(C)CC(=O)N[C@@H](C)c2ccc(Cl)cc2)CC1=O. The van der Waals surface area contributed by atoms with Crippen molar-refractivity contribution in [3.8, 4) is 0 Å². The first-order valence-electron chi connectivity index (χ1n) is 21.2. The number of ether oxygens (including phenoxy) is 1. The van der Waals surface area contributed by atoms with E-state index in [0.717, 1.165) is 62.5 Å². The fourth-order valence-corrected chi connectivity index (χ4v) is 13.9. The minimum absolute atomic E-state index is 0.00837. The van der Waals surface area contributed by atoms with Crippen LogP contribution < -0.4 is 5.32 Å². The highest BCUT2D eigenvalue weighted by atomic mass is 35.5. The Balaban J connectivity index is 1.26. The van der Waals surface area contributed by atoms with Gasteiger partial charge < -0.3 is 15.2 Å². The van der Waals surface area contributed by atoms with E-state index >= 15 is 0 Å². The van der Waals surface area contributed by atoms with E-state index in [1.165, 1.54) is 5.57 Å². The molecule has 10 atom stereocenters. The number of allylic oxidation sites excluding steroid dienone is 2. The Morgan fingerprint density at radius 1 is 0.891 bits per heavy atom. The molecule has 1 unspecified atom stereocenters. The number of Topliss-reactive ketones (excluding diaryl/α,β-unsaturated/α-hetero) is 1. The number of hydrogen-bond acceptors (Lipinski definition) is 5. The van der Waals surface area contributed by atoms with Crippen molar-refractivity contribution in [2.45, 2.75) is 159 Å². The number of aliphatic carboxylic acids is 1. The van der Waals surface area contributed by atoms with Crippen LogP contribution in [-0.2, 0) is 23.9 Å². The molecular formula is C47H68ClNO6. The van der Waals surface area contributed by atoms with Crippen LogP contribution in [0.3, 0.4) is 0 Å². The zero-order valence-corrected chi connectivity index (χ0v) is 36.3. The molecule has 5 aliphatic carbocycles. The van der Waals surface area contributed by atoms with Gasteiger partial charge in [-0.25, -0.2) is 0 Å². The van der Waals surface area contributed by atoms with E-state index in [-0.39, 0.29) is 63.4 Å². The second kappa shape index (κ2) is 14.3. The second-order valence-electron chi connectivity index (χ2n) is 21.0. The molecule has 5 aliphatic rings. The number of carbonyl (C=O) groups is 4. The number of amides is 1.